The van der Waals surface area contributed by atoms with Crippen molar-refractivity contribution < 1.29 is 28.2 Å². The molecule has 5 aromatic heterocycles. The number of nitrogens with one attached hydrogen (secondary N) is 1. The maximum atomic E-state index is 12.6. The Morgan fingerprint density at radius 2 is 1.50 bits per heavy atom. The number of anilines is 4. The molecule has 6 aromatic rings. The molecule has 0 saturated carbocycles. The highest BCUT2D eigenvalue weighted by molar-refractivity contribution is 5.99. The van der Waals surface area contributed by atoms with Crippen molar-refractivity contribution in [2.75, 3.05) is 93.6 Å². The average Bonchev–Trinajstić information content (AvgIpc) is 3.86. The highest BCUT2D eigenvalue weighted by Gasteiger charge is 2.22. The molecule has 0 radical (unpaired) electrons. The van der Waals surface area contributed by atoms with Crippen LogP contribution in [-0.4, -0.2) is 129 Å². The molecule has 23 heteroatoms. The van der Waals surface area contributed by atoms with Gasteiger partial charge in [-0.25, -0.2) is 34.6 Å². The number of nitrogens with two attached hydrogens (primary N) is 2. The molecule has 0 spiro atoms. The largest absolute Gasteiger partial charge is 0.424 e. The summed E-state index contributed by atoms with van der Waals surface area (Å²) in [5.41, 5.74) is 24.5. The van der Waals surface area contributed by atoms with Gasteiger partial charge in [-0.3, -0.25) is 9.59 Å². The summed E-state index contributed by atoms with van der Waals surface area (Å²) in [4.78, 5) is 61.9. The fourth-order valence-corrected chi connectivity index (χ4v) is 6.72. The quantitative estimate of drug-likeness (QED) is 0.0359. The van der Waals surface area contributed by atoms with Crippen LogP contribution in [-0.2, 0) is 25.5 Å². The predicted molar refractivity (Wildman–Crippen MR) is 227 cm³/mol. The molecule has 1 aliphatic heterocycles. The molecule has 0 aliphatic carbocycles. The number of hydrogen-bond donors (Lipinski definition) is 3. The zero-order valence-electron chi connectivity index (χ0n) is 34.0. The lowest BCUT2D eigenvalue weighted by Crippen LogP contribution is -2.47. The van der Waals surface area contributed by atoms with E-state index in [0.29, 0.717) is 149 Å². The summed E-state index contributed by atoms with van der Waals surface area (Å²) in [7, 11) is 0. The minimum Gasteiger partial charge on any atom is -0.424 e. The van der Waals surface area contributed by atoms with Crippen molar-refractivity contribution >= 4 is 63.2 Å². The van der Waals surface area contributed by atoms with Crippen LogP contribution in [0.3, 0.4) is 0 Å². The van der Waals surface area contributed by atoms with Gasteiger partial charge in [-0.05, 0) is 36.6 Å². The SMILES string of the molecule is [N-]=[N+]=Nc1cnc(N2CCN(c3ncc(C(=O)NCCOCCOCCOCCC(=O)CCCCCn4nc(-c5ccc6oc(N)nc6c5)c5c(N)ncnc54)cn3)CC2)nc1. The van der Waals surface area contributed by atoms with Crippen molar-refractivity contribution in [3.8, 4) is 11.3 Å². The molecule has 62 heavy (non-hydrogen) atoms. The molecule has 0 atom stereocenters. The lowest BCUT2D eigenvalue weighted by molar-refractivity contribution is -0.120. The van der Waals surface area contributed by atoms with Gasteiger partial charge in [0, 0.05) is 87.4 Å². The highest BCUT2D eigenvalue weighted by Crippen LogP contribution is 2.32. The number of aromatic nitrogens is 9. The summed E-state index contributed by atoms with van der Waals surface area (Å²) in [5, 5.41) is 11.8. The maximum absolute atomic E-state index is 12.6. The smallest absolute Gasteiger partial charge is 0.292 e. The number of carbonyl (C=O) groups is 2. The van der Waals surface area contributed by atoms with Crippen molar-refractivity contribution in [1.29, 1.82) is 0 Å². The molecule has 1 saturated heterocycles. The minimum atomic E-state index is -0.291. The van der Waals surface area contributed by atoms with E-state index in [0.717, 1.165) is 24.8 Å². The molecule has 5 N–H and O–H groups in total. The number of hydrogen-bond acceptors (Lipinski definition) is 19. The van der Waals surface area contributed by atoms with E-state index in [1.807, 2.05) is 26.6 Å². The number of carbonyl (C=O) groups excluding carboxylic acids is 2. The van der Waals surface area contributed by atoms with E-state index in [9.17, 15) is 9.59 Å². The average molecular weight is 850 g/mol. The molecule has 0 bridgehead atoms. The van der Waals surface area contributed by atoms with Crippen LogP contribution in [0, 0.1) is 0 Å². The molecule has 23 nitrogen and oxygen atoms in total. The summed E-state index contributed by atoms with van der Waals surface area (Å²) < 4.78 is 23.9. The second-order valence-corrected chi connectivity index (χ2v) is 14.1. The van der Waals surface area contributed by atoms with Gasteiger partial charge >= 0.3 is 0 Å². The number of unbranched alkanes of at least 4 members (excludes halogenated alkanes) is 2. The summed E-state index contributed by atoms with van der Waals surface area (Å²) in [6, 6.07) is 5.61. The Balaban J connectivity index is 0.683. The molecule has 1 amide bonds. The summed E-state index contributed by atoms with van der Waals surface area (Å²) in [6.07, 6.45) is 10.7. The standard InChI is InChI=1S/C39H47N17O6/c40-34-32-33(26-5-6-31-30(20-26)50-37(41)62-31)52-56(35(32)49-25-48-34)9-3-1-2-4-29(57)7-14-59-16-18-61-19-17-60-15-8-43-36(58)27-21-44-38(45-22-27)54-10-12-55(13-11-54)39-46-23-28(24-47-39)51-53-42/h5-6,20-25H,1-4,7-19H2,(H2,41,50)(H,43,58)(H2,40,48,49). The monoisotopic (exact) mass is 849 g/mol. The first-order valence-corrected chi connectivity index (χ1v) is 20.2. The van der Waals surface area contributed by atoms with Crippen molar-refractivity contribution in [3.63, 3.8) is 0 Å². The fraction of sp³-hybridized carbons (Fsp3) is 0.436. The van der Waals surface area contributed by atoms with E-state index in [-0.39, 0.29) is 17.7 Å². The number of aryl methyl sites for hydroxylation is 1. The lowest BCUT2D eigenvalue weighted by Gasteiger charge is -2.34. The van der Waals surface area contributed by atoms with E-state index in [1.165, 1.54) is 31.1 Å². The predicted octanol–water partition coefficient (Wildman–Crippen LogP) is 3.65. The number of piperazine rings is 1. The number of Topliss-reactive ketones (excluding diaryl/α,β-unsaturated/α-hetero) is 1. The molecule has 1 fully saturated rings. The van der Waals surface area contributed by atoms with E-state index >= 15 is 0 Å². The Morgan fingerprint density at radius 1 is 0.823 bits per heavy atom. The van der Waals surface area contributed by atoms with Crippen LogP contribution in [0.1, 0.15) is 42.5 Å². The van der Waals surface area contributed by atoms with Gasteiger partial charge in [-0.15, -0.1) is 0 Å². The van der Waals surface area contributed by atoms with Crippen LogP contribution in [0.4, 0.5) is 29.4 Å². The number of ether oxygens (including phenoxy) is 3. The van der Waals surface area contributed by atoms with E-state index in [4.69, 9.17) is 40.7 Å². The van der Waals surface area contributed by atoms with Gasteiger partial charge in [0.15, 0.2) is 11.2 Å². The van der Waals surface area contributed by atoms with Crippen LogP contribution in [0.15, 0.2) is 58.8 Å². The van der Waals surface area contributed by atoms with E-state index in [2.05, 4.69) is 50.2 Å². The molecular weight excluding hydrogens is 803 g/mol. The highest BCUT2D eigenvalue weighted by atomic mass is 16.5. The van der Waals surface area contributed by atoms with Crippen LogP contribution in [0.2, 0.25) is 0 Å². The maximum Gasteiger partial charge on any atom is 0.292 e. The van der Waals surface area contributed by atoms with Gasteiger partial charge in [0.1, 0.15) is 29.1 Å². The molecule has 1 aromatic carbocycles. The van der Waals surface area contributed by atoms with Gasteiger partial charge in [0.05, 0.1) is 56.3 Å². The summed E-state index contributed by atoms with van der Waals surface area (Å²) >= 11 is 0. The Morgan fingerprint density at radius 3 is 2.21 bits per heavy atom. The number of fused-ring (bicyclic) bond motifs is 2. The van der Waals surface area contributed by atoms with Gasteiger partial charge in [-0.2, -0.15) is 10.1 Å². The number of benzene rings is 1. The molecule has 324 valence electrons. The van der Waals surface area contributed by atoms with Crippen LogP contribution >= 0.6 is 0 Å². The van der Waals surface area contributed by atoms with Crippen molar-refractivity contribution in [1.82, 2.24) is 50.0 Å². The molecule has 0 unspecified atom stereocenters. The van der Waals surface area contributed by atoms with E-state index < -0.39 is 0 Å². The number of nitrogens with zero attached hydrogens (tertiary/aromatic N) is 14. The number of azide groups is 1. The first-order valence-electron chi connectivity index (χ1n) is 20.2. The number of nitrogen functional groups attached to an aromatic ring is 2. The number of oxazole rings is 1. The van der Waals surface area contributed by atoms with Gasteiger partial charge < -0.3 is 45.2 Å². The Kier molecular flexibility index (Phi) is 14.9. The first-order chi connectivity index (χ1) is 30.4. The third-order valence-electron chi connectivity index (χ3n) is 9.89. The normalized spacial score (nSPS) is 12.8. The summed E-state index contributed by atoms with van der Waals surface area (Å²) in [6.45, 7) is 5.69. The van der Waals surface area contributed by atoms with Gasteiger partial charge in [-0.1, -0.05) is 11.5 Å². The van der Waals surface area contributed by atoms with Crippen LogP contribution in [0.25, 0.3) is 43.8 Å². The molecular formula is C39H47N17O6. The molecule has 1 aliphatic rings. The second-order valence-electron chi connectivity index (χ2n) is 14.1. The van der Waals surface area contributed by atoms with Crippen LogP contribution in [0.5, 0.6) is 0 Å². The zero-order valence-corrected chi connectivity index (χ0v) is 34.0. The van der Waals surface area contributed by atoms with Crippen molar-refractivity contribution in [2.45, 2.75) is 38.6 Å². The molecule has 7 rings (SSSR count). The fourth-order valence-electron chi connectivity index (χ4n) is 6.72. The number of rotatable bonds is 23. The van der Waals surface area contributed by atoms with Crippen LogP contribution < -0.4 is 26.6 Å². The van der Waals surface area contributed by atoms with Crippen molar-refractivity contribution in [2.24, 2.45) is 5.11 Å². The Bertz CT molecular complexity index is 2460. The zero-order chi connectivity index (χ0) is 43.1. The van der Waals surface area contributed by atoms with Crippen molar-refractivity contribution in [3.05, 3.63) is 65.3 Å². The minimum absolute atomic E-state index is 0.0937. The van der Waals surface area contributed by atoms with Gasteiger partial charge in [0.2, 0.25) is 11.9 Å². The number of amides is 1. The molecule has 6 heterocycles. The third kappa shape index (κ3) is 11.4. The van der Waals surface area contributed by atoms with Gasteiger partial charge in [0.25, 0.3) is 11.9 Å². The topological polar surface area (TPSA) is 302 Å². The number of ketones is 1. The Labute approximate surface area is 354 Å². The van der Waals surface area contributed by atoms with E-state index in [1.54, 1.807) is 6.07 Å². The lowest BCUT2D eigenvalue weighted by atomic mass is 10.1. The first kappa shape index (κ1) is 43.0. The summed E-state index contributed by atoms with van der Waals surface area (Å²) in [5.74, 6) is 1.30. The Hall–Kier alpha value is -7.07. The third-order valence-corrected chi connectivity index (χ3v) is 9.89. The second kappa shape index (κ2) is 21.4.